The van der Waals surface area contributed by atoms with E-state index in [0.29, 0.717) is 11.4 Å². The van der Waals surface area contributed by atoms with Crippen LogP contribution in [0, 0.1) is 6.92 Å². The standard InChI is InChI=1S/C12H12ClN3O2/c1-7-10(17-2)5-4-8(11(7)18-3)9-6-14-16-12(13)15-9/h4-6H,1-3H3. The largest absolute Gasteiger partial charge is 0.496 e. The molecule has 0 spiro atoms. The third-order valence-corrected chi connectivity index (χ3v) is 2.75. The van der Waals surface area contributed by atoms with Crippen LogP contribution >= 0.6 is 11.6 Å². The van der Waals surface area contributed by atoms with E-state index >= 15 is 0 Å². The number of hydrogen-bond donors (Lipinski definition) is 0. The highest BCUT2D eigenvalue weighted by Crippen LogP contribution is 2.36. The predicted octanol–water partition coefficient (Wildman–Crippen LogP) is 2.52. The molecule has 0 aliphatic heterocycles. The molecule has 0 fully saturated rings. The van der Waals surface area contributed by atoms with Gasteiger partial charge in [-0.1, -0.05) is 0 Å². The van der Waals surface area contributed by atoms with Crippen molar-refractivity contribution in [1.82, 2.24) is 15.2 Å². The van der Waals surface area contributed by atoms with Gasteiger partial charge in [0.1, 0.15) is 11.5 Å². The summed E-state index contributed by atoms with van der Waals surface area (Å²) < 4.78 is 10.6. The number of benzene rings is 1. The van der Waals surface area contributed by atoms with Gasteiger partial charge in [-0.3, -0.25) is 0 Å². The van der Waals surface area contributed by atoms with Crippen LogP contribution in [-0.4, -0.2) is 29.4 Å². The maximum absolute atomic E-state index is 5.74. The van der Waals surface area contributed by atoms with Gasteiger partial charge < -0.3 is 9.47 Å². The Bertz CT molecular complexity index is 575. The number of ether oxygens (including phenoxy) is 2. The monoisotopic (exact) mass is 265 g/mol. The van der Waals surface area contributed by atoms with Crippen molar-refractivity contribution in [2.45, 2.75) is 6.92 Å². The summed E-state index contributed by atoms with van der Waals surface area (Å²) in [5.41, 5.74) is 2.30. The Labute approximate surface area is 110 Å². The Morgan fingerprint density at radius 3 is 2.56 bits per heavy atom. The van der Waals surface area contributed by atoms with Crippen molar-refractivity contribution in [1.29, 1.82) is 0 Å². The maximum Gasteiger partial charge on any atom is 0.243 e. The van der Waals surface area contributed by atoms with Crippen LogP contribution in [0.2, 0.25) is 5.28 Å². The minimum Gasteiger partial charge on any atom is -0.496 e. The highest BCUT2D eigenvalue weighted by molar-refractivity contribution is 6.28. The van der Waals surface area contributed by atoms with Crippen LogP contribution in [0.15, 0.2) is 18.3 Å². The van der Waals surface area contributed by atoms with Crippen LogP contribution in [0.3, 0.4) is 0 Å². The first-order valence-corrected chi connectivity index (χ1v) is 5.62. The quantitative estimate of drug-likeness (QED) is 0.853. The molecule has 0 amide bonds. The zero-order valence-corrected chi connectivity index (χ0v) is 11.0. The summed E-state index contributed by atoms with van der Waals surface area (Å²) in [6, 6.07) is 3.70. The molecule has 2 rings (SSSR count). The molecule has 1 heterocycles. The summed E-state index contributed by atoms with van der Waals surface area (Å²) in [5, 5.41) is 7.49. The summed E-state index contributed by atoms with van der Waals surface area (Å²) in [4.78, 5) is 4.12. The van der Waals surface area contributed by atoms with Crippen LogP contribution in [-0.2, 0) is 0 Å². The van der Waals surface area contributed by atoms with Gasteiger partial charge in [0.2, 0.25) is 5.28 Å². The van der Waals surface area contributed by atoms with Crippen LogP contribution in [0.4, 0.5) is 0 Å². The summed E-state index contributed by atoms with van der Waals surface area (Å²) >= 11 is 5.74. The molecule has 0 saturated carbocycles. The van der Waals surface area contributed by atoms with E-state index in [-0.39, 0.29) is 5.28 Å². The van der Waals surface area contributed by atoms with Crippen molar-refractivity contribution in [2.24, 2.45) is 0 Å². The lowest BCUT2D eigenvalue weighted by Gasteiger charge is -2.13. The van der Waals surface area contributed by atoms with Gasteiger partial charge >= 0.3 is 0 Å². The van der Waals surface area contributed by atoms with E-state index in [1.54, 1.807) is 14.2 Å². The molecule has 0 radical (unpaired) electrons. The third-order valence-electron chi connectivity index (χ3n) is 2.59. The highest BCUT2D eigenvalue weighted by atomic mass is 35.5. The predicted molar refractivity (Wildman–Crippen MR) is 68.1 cm³/mol. The zero-order chi connectivity index (χ0) is 13.1. The molecule has 0 atom stereocenters. The van der Waals surface area contributed by atoms with E-state index in [1.807, 2.05) is 19.1 Å². The van der Waals surface area contributed by atoms with Crippen molar-refractivity contribution in [3.05, 3.63) is 29.2 Å². The Hall–Kier alpha value is -1.88. The summed E-state index contributed by atoms with van der Waals surface area (Å²) in [6.45, 7) is 1.91. The topological polar surface area (TPSA) is 57.1 Å². The van der Waals surface area contributed by atoms with Gasteiger partial charge in [-0.25, -0.2) is 4.98 Å². The van der Waals surface area contributed by atoms with Crippen molar-refractivity contribution in [3.63, 3.8) is 0 Å². The molecule has 0 unspecified atom stereocenters. The van der Waals surface area contributed by atoms with Crippen molar-refractivity contribution < 1.29 is 9.47 Å². The third kappa shape index (κ3) is 2.22. The summed E-state index contributed by atoms with van der Waals surface area (Å²) in [5.74, 6) is 1.44. The van der Waals surface area contributed by atoms with Gasteiger partial charge in [-0.05, 0) is 30.7 Å². The maximum atomic E-state index is 5.74. The first-order chi connectivity index (χ1) is 8.67. The first kappa shape index (κ1) is 12.6. The minimum atomic E-state index is 0.100. The van der Waals surface area contributed by atoms with E-state index in [9.17, 15) is 0 Å². The number of nitrogens with zero attached hydrogens (tertiary/aromatic N) is 3. The van der Waals surface area contributed by atoms with Gasteiger partial charge in [0.25, 0.3) is 0 Å². The zero-order valence-electron chi connectivity index (χ0n) is 10.3. The lowest BCUT2D eigenvalue weighted by molar-refractivity contribution is 0.390. The second kappa shape index (κ2) is 5.18. The van der Waals surface area contributed by atoms with Gasteiger partial charge in [-0.2, -0.15) is 5.10 Å². The van der Waals surface area contributed by atoms with Gasteiger partial charge in [0.05, 0.1) is 26.1 Å². The van der Waals surface area contributed by atoms with Crippen LogP contribution in [0.1, 0.15) is 5.56 Å². The molecular weight excluding hydrogens is 254 g/mol. The molecule has 0 aliphatic carbocycles. The van der Waals surface area contributed by atoms with E-state index in [4.69, 9.17) is 21.1 Å². The number of halogens is 1. The molecule has 1 aromatic carbocycles. The molecule has 2 aromatic rings. The second-order valence-corrected chi connectivity index (χ2v) is 3.92. The molecule has 0 N–H and O–H groups in total. The summed E-state index contributed by atoms with van der Waals surface area (Å²) in [6.07, 6.45) is 1.54. The van der Waals surface area contributed by atoms with E-state index in [2.05, 4.69) is 15.2 Å². The molecule has 94 valence electrons. The first-order valence-electron chi connectivity index (χ1n) is 5.24. The minimum absolute atomic E-state index is 0.100. The lowest BCUT2D eigenvalue weighted by Crippen LogP contribution is -1.97. The Morgan fingerprint density at radius 2 is 1.94 bits per heavy atom. The van der Waals surface area contributed by atoms with E-state index < -0.39 is 0 Å². The van der Waals surface area contributed by atoms with Gasteiger partial charge in [0, 0.05) is 11.1 Å². The van der Waals surface area contributed by atoms with Crippen molar-refractivity contribution in [2.75, 3.05) is 14.2 Å². The average Bonchev–Trinajstić information content (AvgIpc) is 2.38. The molecule has 1 aromatic heterocycles. The van der Waals surface area contributed by atoms with Gasteiger partial charge in [-0.15, -0.1) is 5.10 Å². The number of methoxy groups -OCH3 is 2. The highest BCUT2D eigenvalue weighted by Gasteiger charge is 2.14. The normalized spacial score (nSPS) is 10.2. The van der Waals surface area contributed by atoms with Crippen molar-refractivity contribution >= 4 is 11.6 Å². The second-order valence-electron chi connectivity index (χ2n) is 3.58. The van der Waals surface area contributed by atoms with E-state index in [1.165, 1.54) is 6.20 Å². The molecular formula is C12H12ClN3O2. The number of aromatic nitrogens is 3. The Balaban J connectivity index is 2.61. The fourth-order valence-corrected chi connectivity index (χ4v) is 1.91. The smallest absolute Gasteiger partial charge is 0.243 e. The summed E-state index contributed by atoms with van der Waals surface area (Å²) in [7, 11) is 3.21. The van der Waals surface area contributed by atoms with Crippen molar-refractivity contribution in [3.8, 4) is 22.8 Å². The molecule has 0 saturated heterocycles. The molecule has 0 aliphatic rings. The molecule has 18 heavy (non-hydrogen) atoms. The van der Waals surface area contributed by atoms with Gasteiger partial charge in [0.15, 0.2) is 0 Å². The Kier molecular flexibility index (Phi) is 3.62. The number of rotatable bonds is 3. The van der Waals surface area contributed by atoms with Crippen LogP contribution < -0.4 is 9.47 Å². The average molecular weight is 266 g/mol. The molecule has 5 nitrogen and oxygen atoms in total. The van der Waals surface area contributed by atoms with E-state index in [0.717, 1.165) is 16.9 Å². The fraction of sp³-hybridized carbons (Fsp3) is 0.250. The lowest BCUT2D eigenvalue weighted by atomic mass is 10.1. The SMILES string of the molecule is COc1ccc(-c2cnnc(Cl)n2)c(OC)c1C. The number of hydrogen-bond acceptors (Lipinski definition) is 5. The Morgan fingerprint density at radius 1 is 1.17 bits per heavy atom. The fourth-order valence-electron chi connectivity index (χ4n) is 1.77. The van der Waals surface area contributed by atoms with Crippen LogP contribution in [0.25, 0.3) is 11.3 Å². The molecule has 0 bridgehead atoms. The van der Waals surface area contributed by atoms with Crippen LogP contribution in [0.5, 0.6) is 11.5 Å². The molecule has 6 heteroatoms.